The van der Waals surface area contributed by atoms with Crippen LogP contribution in [-0.2, 0) is 6.42 Å². The predicted octanol–water partition coefficient (Wildman–Crippen LogP) is 4.37. The highest BCUT2D eigenvalue weighted by Gasteiger charge is 2.08. The van der Waals surface area contributed by atoms with Gasteiger partial charge in [0.05, 0.1) is 7.11 Å². The van der Waals surface area contributed by atoms with Crippen molar-refractivity contribution in [3.05, 3.63) is 65.4 Å². The first kappa shape index (κ1) is 19.9. The second-order valence-corrected chi connectivity index (χ2v) is 7.07. The number of aromatic nitrogens is 1. The van der Waals surface area contributed by atoms with Crippen LogP contribution >= 0.6 is 0 Å². The van der Waals surface area contributed by atoms with Crippen molar-refractivity contribution in [2.24, 2.45) is 0 Å². The van der Waals surface area contributed by atoms with Gasteiger partial charge in [-0.1, -0.05) is 23.8 Å². The molecule has 0 radical (unpaired) electrons. The molecule has 5 nitrogen and oxygen atoms in total. The number of carbonyl (C=O) groups is 1. The van der Waals surface area contributed by atoms with E-state index in [0.29, 0.717) is 17.9 Å². The number of hydrogen-bond acceptors (Lipinski definition) is 4. The molecule has 0 saturated carbocycles. The van der Waals surface area contributed by atoms with Crippen molar-refractivity contribution in [1.29, 1.82) is 0 Å². The van der Waals surface area contributed by atoms with Gasteiger partial charge >= 0.3 is 0 Å². The molecule has 0 saturated heterocycles. The smallest absolute Gasteiger partial charge is 0.251 e. The molecule has 3 rings (SSSR count). The molecule has 0 atom stereocenters. The Labute approximate surface area is 167 Å². The topological polar surface area (TPSA) is 63.2 Å². The molecule has 2 N–H and O–H groups in total. The molecule has 5 heteroatoms. The van der Waals surface area contributed by atoms with Crippen LogP contribution in [0.2, 0.25) is 0 Å². The van der Waals surface area contributed by atoms with Crippen molar-refractivity contribution < 1.29 is 9.53 Å². The van der Waals surface area contributed by atoms with Crippen LogP contribution in [0, 0.1) is 0 Å². The molecule has 0 bridgehead atoms. The number of ether oxygens (including phenoxy) is 1. The fourth-order valence-electron chi connectivity index (χ4n) is 3.40. The fraction of sp³-hybridized carbons (Fsp3) is 0.391. The maximum Gasteiger partial charge on any atom is 0.251 e. The molecule has 1 aromatic carbocycles. The first-order chi connectivity index (χ1) is 13.7. The van der Waals surface area contributed by atoms with E-state index in [2.05, 4.69) is 27.8 Å². The third kappa shape index (κ3) is 6.12. The van der Waals surface area contributed by atoms with E-state index in [0.717, 1.165) is 25.1 Å². The van der Waals surface area contributed by atoms with Gasteiger partial charge in [0, 0.05) is 24.8 Å². The standard InChI is InChI=1S/C23H29N3O2/c1-28-21-9-5-8-19(16-21)11-13-24-22-17-20(12-15-25-22)23(27)26-14-10-18-6-3-2-4-7-18/h5-6,8-9,12,15-17H,2-4,7,10-11,13-14H2,1H3,(H,24,25)(H,26,27). The molecule has 1 aromatic heterocycles. The number of pyridine rings is 1. The molecular weight excluding hydrogens is 350 g/mol. The van der Waals surface area contributed by atoms with Crippen LogP contribution in [0.3, 0.4) is 0 Å². The summed E-state index contributed by atoms with van der Waals surface area (Å²) in [6.45, 7) is 1.42. The van der Waals surface area contributed by atoms with Crippen molar-refractivity contribution in [3.8, 4) is 5.75 Å². The maximum absolute atomic E-state index is 12.4. The average Bonchev–Trinajstić information content (AvgIpc) is 2.75. The molecule has 1 heterocycles. The maximum atomic E-state index is 12.4. The number of amides is 1. The van der Waals surface area contributed by atoms with Crippen molar-refractivity contribution in [3.63, 3.8) is 0 Å². The van der Waals surface area contributed by atoms with Crippen molar-refractivity contribution in [2.45, 2.75) is 38.5 Å². The number of nitrogens with zero attached hydrogens (tertiary/aromatic N) is 1. The van der Waals surface area contributed by atoms with E-state index in [1.54, 1.807) is 25.4 Å². The first-order valence-electron chi connectivity index (χ1n) is 10.0. The summed E-state index contributed by atoms with van der Waals surface area (Å²) < 4.78 is 5.25. The zero-order valence-electron chi connectivity index (χ0n) is 16.5. The third-order valence-electron chi connectivity index (χ3n) is 4.99. The lowest BCUT2D eigenvalue weighted by Crippen LogP contribution is -2.25. The van der Waals surface area contributed by atoms with Crippen LogP contribution in [-0.4, -0.2) is 31.1 Å². The summed E-state index contributed by atoms with van der Waals surface area (Å²) in [4.78, 5) is 16.7. The molecule has 0 fully saturated rings. The zero-order chi connectivity index (χ0) is 19.6. The minimum atomic E-state index is -0.0466. The normalized spacial score (nSPS) is 13.5. The van der Waals surface area contributed by atoms with Gasteiger partial charge in [0.15, 0.2) is 0 Å². The van der Waals surface area contributed by atoms with Gasteiger partial charge in [-0.25, -0.2) is 4.98 Å². The van der Waals surface area contributed by atoms with Crippen LogP contribution in [0.4, 0.5) is 5.82 Å². The quantitative estimate of drug-likeness (QED) is 0.635. The number of anilines is 1. The lowest BCUT2D eigenvalue weighted by Gasteiger charge is -2.13. The number of hydrogen-bond donors (Lipinski definition) is 2. The number of allylic oxidation sites excluding steroid dienone is 1. The zero-order valence-corrected chi connectivity index (χ0v) is 16.5. The van der Waals surface area contributed by atoms with Crippen LogP contribution in [0.5, 0.6) is 5.75 Å². The van der Waals surface area contributed by atoms with Gasteiger partial charge in [-0.05, 0) is 68.4 Å². The highest BCUT2D eigenvalue weighted by molar-refractivity contribution is 5.94. The molecule has 148 valence electrons. The predicted molar refractivity (Wildman–Crippen MR) is 113 cm³/mol. The van der Waals surface area contributed by atoms with E-state index in [1.807, 2.05) is 18.2 Å². The summed E-state index contributed by atoms with van der Waals surface area (Å²) in [6, 6.07) is 11.6. The molecule has 0 spiro atoms. The van der Waals surface area contributed by atoms with Crippen LogP contribution in [0.15, 0.2) is 54.2 Å². The highest BCUT2D eigenvalue weighted by Crippen LogP contribution is 2.19. The van der Waals surface area contributed by atoms with E-state index in [-0.39, 0.29) is 5.91 Å². The molecule has 1 aliphatic carbocycles. The number of carbonyl (C=O) groups excluding carboxylic acids is 1. The minimum Gasteiger partial charge on any atom is -0.497 e. The lowest BCUT2D eigenvalue weighted by molar-refractivity contribution is 0.0954. The van der Waals surface area contributed by atoms with Gasteiger partial charge in [-0.3, -0.25) is 4.79 Å². The number of methoxy groups -OCH3 is 1. The molecule has 2 aromatic rings. The van der Waals surface area contributed by atoms with Crippen molar-refractivity contribution in [2.75, 3.05) is 25.5 Å². The molecule has 1 amide bonds. The largest absolute Gasteiger partial charge is 0.497 e. The second kappa shape index (κ2) is 10.5. The Bertz CT molecular complexity index is 817. The second-order valence-electron chi connectivity index (χ2n) is 7.07. The lowest BCUT2D eigenvalue weighted by atomic mass is 9.97. The molecular formula is C23H29N3O2. The van der Waals surface area contributed by atoms with E-state index in [4.69, 9.17) is 4.74 Å². The molecule has 1 aliphatic rings. The Morgan fingerprint density at radius 1 is 1.14 bits per heavy atom. The van der Waals surface area contributed by atoms with Crippen LogP contribution in [0.1, 0.15) is 48.0 Å². The van der Waals surface area contributed by atoms with Gasteiger partial charge in [0.25, 0.3) is 5.91 Å². The Hall–Kier alpha value is -2.82. The van der Waals surface area contributed by atoms with Gasteiger partial charge in [0.2, 0.25) is 0 Å². The summed E-state index contributed by atoms with van der Waals surface area (Å²) in [6.07, 6.45) is 10.7. The summed E-state index contributed by atoms with van der Waals surface area (Å²) in [5.74, 6) is 1.53. The summed E-state index contributed by atoms with van der Waals surface area (Å²) in [5, 5.41) is 6.31. The molecule has 28 heavy (non-hydrogen) atoms. The van der Waals surface area contributed by atoms with E-state index < -0.39 is 0 Å². The fourth-order valence-corrected chi connectivity index (χ4v) is 3.40. The molecule has 0 unspecified atom stereocenters. The van der Waals surface area contributed by atoms with E-state index >= 15 is 0 Å². The monoisotopic (exact) mass is 379 g/mol. The number of rotatable bonds is 9. The van der Waals surface area contributed by atoms with Gasteiger partial charge in [-0.15, -0.1) is 0 Å². The SMILES string of the molecule is COc1cccc(CCNc2cc(C(=O)NCCC3=CCCCC3)ccn2)c1. The first-order valence-corrected chi connectivity index (χ1v) is 10.0. The van der Waals surface area contributed by atoms with Crippen LogP contribution in [0.25, 0.3) is 0 Å². The Kier molecular flexibility index (Phi) is 7.47. The number of benzene rings is 1. The number of nitrogens with one attached hydrogen (secondary N) is 2. The average molecular weight is 380 g/mol. The Morgan fingerprint density at radius 2 is 2.07 bits per heavy atom. The highest BCUT2D eigenvalue weighted by atomic mass is 16.5. The summed E-state index contributed by atoms with van der Waals surface area (Å²) >= 11 is 0. The third-order valence-corrected chi connectivity index (χ3v) is 4.99. The molecule has 0 aliphatic heterocycles. The minimum absolute atomic E-state index is 0.0466. The van der Waals surface area contributed by atoms with Crippen LogP contribution < -0.4 is 15.4 Å². The van der Waals surface area contributed by atoms with Gasteiger partial charge in [0.1, 0.15) is 11.6 Å². The van der Waals surface area contributed by atoms with Gasteiger partial charge < -0.3 is 15.4 Å². The Morgan fingerprint density at radius 3 is 2.89 bits per heavy atom. The summed E-state index contributed by atoms with van der Waals surface area (Å²) in [7, 11) is 1.67. The van der Waals surface area contributed by atoms with Crippen molar-refractivity contribution in [1.82, 2.24) is 10.3 Å². The van der Waals surface area contributed by atoms with E-state index in [1.165, 1.54) is 36.8 Å². The Balaban J connectivity index is 1.46. The van der Waals surface area contributed by atoms with Crippen molar-refractivity contribution >= 4 is 11.7 Å². The van der Waals surface area contributed by atoms with Gasteiger partial charge in [-0.2, -0.15) is 0 Å². The summed E-state index contributed by atoms with van der Waals surface area (Å²) in [5.41, 5.74) is 3.30. The van der Waals surface area contributed by atoms with E-state index in [9.17, 15) is 4.79 Å².